The smallest absolute Gasteiger partial charge is 0.251 e. The molecule has 11 heteroatoms. The standard InChI is InChI=1S/C31H37F2N7O2/c1-19-17-23(8-9-25(19)30(41)37-14-6-15-38-31(42)27-7-5-13-35-27)40-22(4)21(3)39-18-20(2)24-10-11-26(36-16-12-34)29(33)28(24)32/h8-11,17-18,27,35-36,40H,4-7,13-16H2,1-3H3,(H,37,41)(H,38,42)/b20-18+,39-21+. The van der Waals surface area contributed by atoms with Crippen molar-refractivity contribution in [2.45, 2.75) is 46.1 Å². The van der Waals surface area contributed by atoms with Crippen LogP contribution in [0, 0.1) is 29.9 Å². The molecule has 0 aliphatic carbocycles. The summed E-state index contributed by atoms with van der Waals surface area (Å²) < 4.78 is 28.9. The average molecular weight is 578 g/mol. The molecule has 2 amide bonds. The predicted molar refractivity (Wildman–Crippen MR) is 162 cm³/mol. The molecule has 9 nitrogen and oxygen atoms in total. The van der Waals surface area contributed by atoms with Crippen molar-refractivity contribution in [3.05, 3.63) is 77.1 Å². The normalized spacial score (nSPS) is 15.1. The SMILES string of the molecule is C=C(Nc1ccc(C(=O)NCCCNC(=O)C2CCCN2)c(C)c1)/C(C)=N/C=C(\C)c1ccc(NCC#N)c(F)c1F. The minimum atomic E-state index is -1.06. The molecule has 2 aromatic rings. The van der Waals surface area contributed by atoms with Crippen LogP contribution in [-0.4, -0.2) is 49.7 Å². The first-order valence-corrected chi connectivity index (χ1v) is 13.8. The second kappa shape index (κ2) is 15.4. The number of nitriles is 1. The van der Waals surface area contributed by atoms with Crippen molar-refractivity contribution in [1.82, 2.24) is 16.0 Å². The van der Waals surface area contributed by atoms with Gasteiger partial charge in [-0.05, 0) is 88.0 Å². The number of nitrogens with one attached hydrogen (secondary N) is 5. The maximum atomic E-state index is 14.6. The van der Waals surface area contributed by atoms with Crippen LogP contribution >= 0.6 is 0 Å². The monoisotopic (exact) mass is 577 g/mol. The zero-order valence-corrected chi connectivity index (χ0v) is 24.2. The summed E-state index contributed by atoms with van der Waals surface area (Å²) in [5.74, 6) is -2.28. The first kappa shape index (κ1) is 32.0. The zero-order chi connectivity index (χ0) is 30.6. The van der Waals surface area contributed by atoms with E-state index < -0.39 is 11.6 Å². The van der Waals surface area contributed by atoms with Gasteiger partial charge >= 0.3 is 0 Å². The van der Waals surface area contributed by atoms with Crippen molar-refractivity contribution in [2.75, 3.05) is 36.8 Å². The number of rotatable bonds is 13. The first-order chi connectivity index (χ1) is 20.1. The summed E-state index contributed by atoms with van der Waals surface area (Å²) in [5.41, 5.74) is 3.41. The van der Waals surface area contributed by atoms with Gasteiger partial charge in [0, 0.05) is 36.1 Å². The molecule has 0 aromatic heterocycles. The fourth-order valence-corrected chi connectivity index (χ4v) is 4.36. The molecule has 0 radical (unpaired) electrons. The number of carbonyl (C=O) groups is 2. The fourth-order valence-electron chi connectivity index (χ4n) is 4.36. The zero-order valence-electron chi connectivity index (χ0n) is 24.2. The number of benzene rings is 2. The fraction of sp³-hybridized carbons (Fsp3) is 0.355. The van der Waals surface area contributed by atoms with E-state index in [4.69, 9.17) is 5.26 Å². The highest BCUT2D eigenvalue weighted by molar-refractivity contribution is 6.01. The second-order valence-corrected chi connectivity index (χ2v) is 10.0. The molecule has 42 heavy (non-hydrogen) atoms. The Morgan fingerprint density at radius 1 is 1.14 bits per heavy atom. The second-order valence-electron chi connectivity index (χ2n) is 10.0. The molecule has 0 saturated carbocycles. The molecule has 1 aliphatic heterocycles. The van der Waals surface area contributed by atoms with Crippen LogP contribution in [0.25, 0.3) is 5.57 Å². The molecule has 0 spiro atoms. The lowest BCUT2D eigenvalue weighted by Gasteiger charge is -2.13. The Labute approximate surface area is 245 Å². The highest BCUT2D eigenvalue weighted by atomic mass is 19.2. The minimum absolute atomic E-state index is 0.00603. The van der Waals surface area contributed by atoms with E-state index in [1.54, 1.807) is 26.0 Å². The molecule has 0 bridgehead atoms. The molecule has 1 fully saturated rings. The summed E-state index contributed by atoms with van der Waals surface area (Å²) >= 11 is 0. The summed E-state index contributed by atoms with van der Waals surface area (Å²) in [6.07, 6.45) is 3.91. The van der Waals surface area contributed by atoms with Crippen LogP contribution in [-0.2, 0) is 4.79 Å². The number of aryl methyl sites for hydroxylation is 1. The molecule has 1 aliphatic rings. The predicted octanol–water partition coefficient (Wildman–Crippen LogP) is 4.64. The van der Waals surface area contributed by atoms with Crippen LogP contribution in [0.2, 0.25) is 0 Å². The van der Waals surface area contributed by atoms with Crippen LogP contribution in [0.15, 0.2) is 53.8 Å². The molecule has 2 aromatic carbocycles. The third kappa shape index (κ3) is 8.72. The maximum absolute atomic E-state index is 14.6. The summed E-state index contributed by atoms with van der Waals surface area (Å²) in [6, 6.07) is 9.81. The molecule has 222 valence electrons. The summed E-state index contributed by atoms with van der Waals surface area (Å²) in [7, 11) is 0. The van der Waals surface area contributed by atoms with Crippen LogP contribution in [0.4, 0.5) is 20.2 Å². The van der Waals surface area contributed by atoms with Gasteiger partial charge in [-0.2, -0.15) is 5.26 Å². The lowest BCUT2D eigenvalue weighted by molar-refractivity contribution is -0.122. The van der Waals surface area contributed by atoms with Crippen molar-refractivity contribution in [1.29, 1.82) is 5.26 Å². The number of allylic oxidation sites excluding steroid dienone is 2. The third-order valence-corrected chi connectivity index (χ3v) is 6.84. The van der Waals surface area contributed by atoms with E-state index in [1.807, 2.05) is 19.1 Å². The van der Waals surface area contributed by atoms with Gasteiger partial charge in [-0.15, -0.1) is 0 Å². The van der Waals surface area contributed by atoms with Gasteiger partial charge in [0.1, 0.15) is 6.54 Å². The lowest BCUT2D eigenvalue weighted by Crippen LogP contribution is -2.41. The lowest BCUT2D eigenvalue weighted by atomic mass is 10.1. The Balaban J connectivity index is 1.52. The maximum Gasteiger partial charge on any atom is 0.251 e. The summed E-state index contributed by atoms with van der Waals surface area (Å²) in [5, 5.41) is 23.2. The number of nitrogens with zero attached hydrogens (tertiary/aromatic N) is 2. The molecule has 1 heterocycles. The highest BCUT2D eigenvalue weighted by Crippen LogP contribution is 2.26. The molecular formula is C31H37F2N7O2. The topological polar surface area (TPSA) is 130 Å². The van der Waals surface area contributed by atoms with E-state index in [-0.39, 0.29) is 35.7 Å². The first-order valence-electron chi connectivity index (χ1n) is 13.8. The van der Waals surface area contributed by atoms with Gasteiger partial charge in [0.05, 0.1) is 29.2 Å². The number of hydrogen-bond acceptors (Lipinski definition) is 7. The van der Waals surface area contributed by atoms with Crippen molar-refractivity contribution in [3.8, 4) is 6.07 Å². The Bertz CT molecular complexity index is 1420. The number of carbonyl (C=O) groups excluding carboxylic acids is 2. The van der Waals surface area contributed by atoms with Crippen LogP contribution in [0.5, 0.6) is 0 Å². The van der Waals surface area contributed by atoms with E-state index in [0.717, 1.165) is 24.9 Å². The number of hydrogen-bond donors (Lipinski definition) is 5. The molecule has 1 atom stereocenters. The molecule has 3 rings (SSSR count). The van der Waals surface area contributed by atoms with E-state index in [9.17, 15) is 18.4 Å². The van der Waals surface area contributed by atoms with Gasteiger partial charge in [0.15, 0.2) is 11.6 Å². The van der Waals surface area contributed by atoms with Gasteiger partial charge in [0.2, 0.25) is 5.91 Å². The van der Waals surface area contributed by atoms with Gasteiger partial charge in [-0.1, -0.05) is 6.58 Å². The highest BCUT2D eigenvalue weighted by Gasteiger charge is 2.21. The van der Waals surface area contributed by atoms with E-state index in [2.05, 4.69) is 38.2 Å². The Morgan fingerprint density at radius 3 is 2.57 bits per heavy atom. The summed E-state index contributed by atoms with van der Waals surface area (Å²) in [4.78, 5) is 29.0. The minimum Gasteiger partial charge on any atom is -0.370 e. The molecule has 1 saturated heterocycles. The number of aliphatic imine (C=N–C) groups is 1. The number of amides is 2. The largest absolute Gasteiger partial charge is 0.370 e. The molecular weight excluding hydrogens is 540 g/mol. The number of halogens is 2. The van der Waals surface area contributed by atoms with Crippen LogP contribution in [0.3, 0.4) is 0 Å². The quantitative estimate of drug-likeness (QED) is 0.134. The summed E-state index contributed by atoms with van der Waals surface area (Å²) in [6.45, 7) is 10.8. The van der Waals surface area contributed by atoms with Gasteiger partial charge < -0.3 is 26.6 Å². The Kier molecular flexibility index (Phi) is 11.8. The van der Waals surface area contributed by atoms with Crippen molar-refractivity contribution < 1.29 is 18.4 Å². The van der Waals surface area contributed by atoms with E-state index in [0.29, 0.717) is 47.7 Å². The Hall–Kier alpha value is -4.56. The van der Waals surface area contributed by atoms with Crippen molar-refractivity contribution in [3.63, 3.8) is 0 Å². The average Bonchev–Trinajstić information content (AvgIpc) is 3.51. The number of anilines is 2. The van der Waals surface area contributed by atoms with Crippen molar-refractivity contribution >= 4 is 34.5 Å². The Morgan fingerprint density at radius 2 is 1.88 bits per heavy atom. The molecule has 5 N–H and O–H groups in total. The van der Waals surface area contributed by atoms with E-state index in [1.165, 1.54) is 18.3 Å². The van der Waals surface area contributed by atoms with E-state index >= 15 is 0 Å². The van der Waals surface area contributed by atoms with Gasteiger partial charge in [-0.25, -0.2) is 8.78 Å². The molecule has 1 unspecified atom stereocenters. The van der Waals surface area contributed by atoms with Crippen LogP contribution in [0.1, 0.15) is 54.6 Å². The van der Waals surface area contributed by atoms with Crippen LogP contribution < -0.4 is 26.6 Å². The van der Waals surface area contributed by atoms with Crippen molar-refractivity contribution in [2.24, 2.45) is 4.99 Å². The van der Waals surface area contributed by atoms with Gasteiger partial charge in [0.25, 0.3) is 5.91 Å². The third-order valence-electron chi connectivity index (χ3n) is 6.84. The van der Waals surface area contributed by atoms with Gasteiger partial charge in [-0.3, -0.25) is 14.6 Å².